The summed E-state index contributed by atoms with van der Waals surface area (Å²) in [6.07, 6.45) is 6.57. The Morgan fingerprint density at radius 2 is 1.93 bits per heavy atom. The van der Waals surface area contributed by atoms with Gasteiger partial charge in [0, 0.05) is 10.4 Å². The number of rotatable bonds is 3. The van der Waals surface area contributed by atoms with E-state index in [1.807, 2.05) is 17.5 Å². The maximum atomic E-state index is 9.74. The Kier molecular flexibility index (Phi) is 4.61. The number of aromatic nitrogens is 2. The summed E-state index contributed by atoms with van der Waals surface area (Å²) in [6.45, 7) is 0. The number of nitriles is 1. The first-order valence-electron chi connectivity index (χ1n) is 10.1. The Labute approximate surface area is 173 Å². The molecule has 3 N–H and O–H groups in total. The van der Waals surface area contributed by atoms with E-state index in [4.69, 9.17) is 10.5 Å². The molecule has 1 saturated carbocycles. The molecule has 0 bridgehead atoms. The Balaban J connectivity index is 1.55. The first-order chi connectivity index (χ1) is 14.3. The zero-order valence-corrected chi connectivity index (χ0v) is 16.8. The number of H-pyrrole nitrogens is 1. The van der Waals surface area contributed by atoms with Gasteiger partial charge in [0.1, 0.15) is 11.6 Å². The van der Waals surface area contributed by atoms with Crippen molar-refractivity contribution in [1.29, 1.82) is 5.26 Å². The number of fused-ring (bicyclic) bond motifs is 1. The Hall–Kier alpha value is -3.04. The second-order valence-electron chi connectivity index (χ2n) is 7.71. The lowest BCUT2D eigenvalue weighted by atomic mass is 9.83. The lowest BCUT2D eigenvalue weighted by molar-refractivity contribution is 0.379. The molecule has 1 aliphatic carbocycles. The van der Waals surface area contributed by atoms with Crippen molar-refractivity contribution in [1.82, 2.24) is 10.2 Å². The van der Waals surface area contributed by atoms with Crippen molar-refractivity contribution in [3.63, 3.8) is 0 Å². The van der Waals surface area contributed by atoms with Gasteiger partial charge in [0.2, 0.25) is 11.8 Å². The van der Waals surface area contributed by atoms with Gasteiger partial charge in [-0.2, -0.15) is 5.26 Å². The summed E-state index contributed by atoms with van der Waals surface area (Å²) in [4.78, 5) is 1.05. The zero-order valence-electron chi connectivity index (χ0n) is 16.0. The number of hydrogen-bond donors (Lipinski definition) is 2. The number of nitrogens with zero attached hydrogens (tertiary/aromatic N) is 2. The van der Waals surface area contributed by atoms with Crippen LogP contribution in [-0.4, -0.2) is 10.2 Å². The highest BCUT2D eigenvalue weighted by molar-refractivity contribution is 7.10. The van der Waals surface area contributed by atoms with Gasteiger partial charge in [-0.1, -0.05) is 49.6 Å². The third-order valence-electron chi connectivity index (χ3n) is 6.04. The highest BCUT2D eigenvalue weighted by Gasteiger charge is 2.36. The number of hydrogen-bond acceptors (Lipinski definition) is 5. The summed E-state index contributed by atoms with van der Waals surface area (Å²) >= 11 is 1.60. The molecule has 1 atom stereocenters. The predicted octanol–water partition coefficient (Wildman–Crippen LogP) is 5.40. The van der Waals surface area contributed by atoms with Crippen LogP contribution in [0.4, 0.5) is 0 Å². The first-order valence-corrected chi connectivity index (χ1v) is 10.9. The molecule has 0 amide bonds. The molecule has 0 saturated heterocycles. The predicted molar refractivity (Wildman–Crippen MR) is 113 cm³/mol. The summed E-state index contributed by atoms with van der Waals surface area (Å²) in [5, 5.41) is 19.2. The molecule has 2 aliphatic rings. The number of nitrogens with two attached hydrogens (primary N) is 1. The molecular weight excluding hydrogens is 380 g/mol. The summed E-state index contributed by atoms with van der Waals surface area (Å²) in [5.41, 5.74) is 10.7. The van der Waals surface area contributed by atoms with E-state index in [0.717, 1.165) is 21.7 Å². The van der Waals surface area contributed by atoms with Crippen LogP contribution in [0.2, 0.25) is 0 Å². The van der Waals surface area contributed by atoms with Gasteiger partial charge >= 0.3 is 0 Å². The van der Waals surface area contributed by atoms with Crippen molar-refractivity contribution in [2.24, 2.45) is 5.73 Å². The SMILES string of the molecule is N#CC1=C(N)Oc2n[nH]c(-c3ccc(C4CCCCC4)cc3)c2[C@@H]1c1cccs1. The number of nitrogens with one attached hydrogen (secondary N) is 1. The lowest BCUT2D eigenvalue weighted by Gasteiger charge is -2.23. The lowest BCUT2D eigenvalue weighted by Crippen LogP contribution is -2.20. The van der Waals surface area contributed by atoms with Gasteiger partial charge in [-0.05, 0) is 35.8 Å². The van der Waals surface area contributed by atoms with E-state index in [2.05, 4.69) is 40.5 Å². The Bertz CT molecular complexity index is 1080. The molecule has 29 heavy (non-hydrogen) atoms. The minimum atomic E-state index is -0.268. The van der Waals surface area contributed by atoms with E-state index < -0.39 is 0 Å². The summed E-state index contributed by atoms with van der Waals surface area (Å²) in [6, 6.07) is 15.0. The van der Waals surface area contributed by atoms with Crippen LogP contribution in [0.15, 0.2) is 53.2 Å². The van der Waals surface area contributed by atoms with Crippen LogP contribution in [0.25, 0.3) is 11.3 Å². The molecule has 0 unspecified atom stereocenters. The summed E-state index contributed by atoms with van der Waals surface area (Å²) in [5.74, 6) is 0.981. The van der Waals surface area contributed by atoms with E-state index in [1.165, 1.54) is 37.7 Å². The van der Waals surface area contributed by atoms with E-state index in [9.17, 15) is 5.26 Å². The molecule has 6 heteroatoms. The van der Waals surface area contributed by atoms with Crippen molar-refractivity contribution >= 4 is 11.3 Å². The van der Waals surface area contributed by atoms with Gasteiger partial charge < -0.3 is 10.5 Å². The minimum Gasteiger partial charge on any atom is -0.420 e. The Morgan fingerprint density at radius 3 is 2.62 bits per heavy atom. The second-order valence-corrected chi connectivity index (χ2v) is 8.69. The monoisotopic (exact) mass is 402 g/mol. The fraction of sp³-hybridized carbons (Fsp3) is 0.304. The molecule has 1 fully saturated rings. The average molecular weight is 403 g/mol. The molecule has 146 valence electrons. The van der Waals surface area contributed by atoms with Crippen molar-refractivity contribution < 1.29 is 4.74 Å². The molecule has 1 aromatic carbocycles. The second kappa shape index (κ2) is 7.41. The molecule has 5 rings (SSSR count). The highest BCUT2D eigenvalue weighted by atomic mass is 32.1. The van der Waals surface area contributed by atoms with Crippen LogP contribution in [-0.2, 0) is 0 Å². The van der Waals surface area contributed by atoms with Crippen molar-refractivity contribution in [3.8, 4) is 23.2 Å². The van der Waals surface area contributed by atoms with Crippen LogP contribution in [0.5, 0.6) is 5.88 Å². The molecule has 3 aromatic rings. The van der Waals surface area contributed by atoms with Gasteiger partial charge in [0.25, 0.3) is 0 Å². The van der Waals surface area contributed by atoms with Crippen LogP contribution in [0.1, 0.15) is 59.9 Å². The van der Waals surface area contributed by atoms with Crippen LogP contribution < -0.4 is 10.5 Å². The van der Waals surface area contributed by atoms with E-state index in [1.54, 1.807) is 11.3 Å². The largest absolute Gasteiger partial charge is 0.420 e. The topological polar surface area (TPSA) is 87.7 Å². The molecule has 0 spiro atoms. The van der Waals surface area contributed by atoms with E-state index in [-0.39, 0.29) is 11.8 Å². The number of allylic oxidation sites excluding steroid dienone is 1. The van der Waals surface area contributed by atoms with Crippen LogP contribution in [0.3, 0.4) is 0 Å². The minimum absolute atomic E-state index is 0.129. The summed E-state index contributed by atoms with van der Waals surface area (Å²) in [7, 11) is 0. The third kappa shape index (κ3) is 3.12. The van der Waals surface area contributed by atoms with Gasteiger partial charge in [0.15, 0.2) is 0 Å². The van der Waals surface area contributed by atoms with Gasteiger partial charge in [-0.25, -0.2) is 0 Å². The number of ether oxygens (including phenoxy) is 1. The van der Waals surface area contributed by atoms with E-state index in [0.29, 0.717) is 17.4 Å². The number of thiophene rings is 1. The van der Waals surface area contributed by atoms with Crippen LogP contribution in [0, 0.1) is 11.3 Å². The third-order valence-corrected chi connectivity index (χ3v) is 6.98. The maximum absolute atomic E-state index is 9.74. The first kappa shape index (κ1) is 18.0. The normalized spacial score (nSPS) is 19.5. The smallest absolute Gasteiger partial charge is 0.244 e. The van der Waals surface area contributed by atoms with E-state index >= 15 is 0 Å². The quantitative estimate of drug-likeness (QED) is 0.614. The van der Waals surface area contributed by atoms with Crippen molar-refractivity contribution in [2.45, 2.75) is 43.9 Å². The standard InChI is InChI=1S/C23H22N4OS/c24-13-17-19(18-7-4-12-29-18)20-21(26-27-23(20)28-22(17)25)16-10-8-15(9-11-16)14-5-2-1-3-6-14/h4,7-12,14,19H,1-3,5-6,25H2,(H,26,27)/t19-/m0/s1. The average Bonchev–Trinajstić information content (AvgIpc) is 3.44. The fourth-order valence-electron chi connectivity index (χ4n) is 4.56. The van der Waals surface area contributed by atoms with Crippen molar-refractivity contribution in [3.05, 3.63) is 69.2 Å². The van der Waals surface area contributed by atoms with Crippen molar-refractivity contribution in [2.75, 3.05) is 0 Å². The molecular formula is C23H22N4OS. The Morgan fingerprint density at radius 1 is 1.14 bits per heavy atom. The number of aromatic amines is 1. The maximum Gasteiger partial charge on any atom is 0.244 e. The number of benzene rings is 1. The molecule has 1 aliphatic heterocycles. The van der Waals surface area contributed by atoms with Gasteiger partial charge in [-0.3, -0.25) is 5.10 Å². The fourth-order valence-corrected chi connectivity index (χ4v) is 5.41. The van der Waals surface area contributed by atoms with Gasteiger partial charge in [-0.15, -0.1) is 16.4 Å². The molecule has 0 radical (unpaired) electrons. The van der Waals surface area contributed by atoms with Crippen LogP contribution >= 0.6 is 11.3 Å². The molecule has 5 nitrogen and oxygen atoms in total. The summed E-state index contributed by atoms with van der Waals surface area (Å²) < 4.78 is 5.68. The molecule has 2 aromatic heterocycles. The molecule has 3 heterocycles. The highest BCUT2D eigenvalue weighted by Crippen LogP contribution is 2.46. The van der Waals surface area contributed by atoms with Gasteiger partial charge in [0.05, 0.1) is 17.2 Å². The zero-order chi connectivity index (χ0) is 19.8.